The van der Waals surface area contributed by atoms with E-state index in [0.717, 1.165) is 37.8 Å². The third-order valence-corrected chi connectivity index (χ3v) is 11.6. The van der Waals surface area contributed by atoms with Gasteiger partial charge in [-0.1, -0.05) is 53.1 Å². The molecule has 0 radical (unpaired) electrons. The van der Waals surface area contributed by atoms with Gasteiger partial charge in [-0.3, -0.25) is 4.79 Å². The monoisotopic (exact) mass is 693 g/mol. The SMILES string of the molecule is CCC(CC)OCc1c(-c2ccc(OC(F)F)c(OC3CC3)c2)n(COCC[Si](C)(C)C)c2cnn(COCC[Si](C)(C)C)c(=O)c12. The van der Waals surface area contributed by atoms with Crippen molar-refractivity contribution in [3.63, 3.8) is 0 Å². The van der Waals surface area contributed by atoms with Crippen LogP contribution in [0, 0.1) is 0 Å². The highest BCUT2D eigenvalue weighted by atomic mass is 28.3. The van der Waals surface area contributed by atoms with Gasteiger partial charge in [0.05, 0.1) is 41.6 Å². The van der Waals surface area contributed by atoms with Crippen LogP contribution in [-0.4, -0.2) is 62.5 Å². The summed E-state index contributed by atoms with van der Waals surface area (Å²) in [6.45, 7) is 16.4. The van der Waals surface area contributed by atoms with Gasteiger partial charge in [-0.15, -0.1) is 0 Å². The molecule has 0 aliphatic heterocycles. The molecule has 1 aliphatic carbocycles. The normalized spacial score (nSPS) is 14.1. The Bertz CT molecular complexity index is 1530. The van der Waals surface area contributed by atoms with E-state index < -0.39 is 22.8 Å². The summed E-state index contributed by atoms with van der Waals surface area (Å²) in [5.74, 6) is 0.207. The van der Waals surface area contributed by atoms with Gasteiger partial charge in [0.15, 0.2) is 11.5 Å². The molecule has 0 N–H and O–H groups in total. The van der Waals surface area contributed by atoms with E-state index in [1.54, 1.807) is 18.3 Å². The molecule has 2 heterocycles. The van der Waals surface area contributed by atoms with E-state index in [2.05, 4.69) is 58.2 Å². The van der Waals surface area contributed by atoms with Gasteiger partial charge in [0, 0.05) is 40.5 Å². The maximum atomic E-state index is 14.2. The van der Waals surface area contributed by atoms with Gasteiger partial charge in [0.2, 0.25) is 0 Å². The fourth-order valence-electron chi connectivity index (χ4n) is 5.16. The molecule has 1 saturated carbocycles. The molecule has 2 aromatic heterocycles. The molecule has 0 bridgehead atoms. The van der Waals surface area contributed by atoms with Crippen molar-refractivity contribution in [2.75, 3.05) is 13.2 Å². The third kappa shape index (κ3) is 10.7. The van der Waals surface area contributed by atoms with Crippen LogP contribution >= 0.6 is 0 Å². The van der Waals surface area contributed by atoms with Gasteiger partial charge < -0.3 is 28.3 Å². The number of nitrogens with zero attached hydrogens (tertiary/aromatic N) is 3. The molecule has 262 valence electrons. The van der Waals surface area contributed by atoms with Gasteiger partial charge in [0.25, 0.3) is 5.56 Å². The molecule has 3 aromatic rings. The molecule has 0 unspecified atom stereocenters. The quantitative estimate of drug-likeness (QED) is 0.0869. The molecular formula is C34H53F2N3O6Si2. The van der Waals surface area contributed by atoms with Crippen LogP contribution in [0.2, 0.25) is 51.4 Å². The van der Waals surface area contributed by atoms with Crippen LogP contribution in [0.25, 0.3) is 22.2 Å². The standard InChI is InChI=1S/C34H53F2N3O6Si2/c1-9-25(10-2)43-21-27-31-28(20-37-39(33(31)40)23-42-16-18-47(6,7)8)38(22-41-15-17-46(3,4)5)32(27)24-11-14-29(45-34(35)36)30(19-24)44-26-12-13-26/h11,14,19-20,25-26,34H,9-10,12-13,15-18,21-23H2,1-8H3. The van der Waals surface area contributed by atoms with Crippen LogP contribution in [-0.2, 0) is 34.3 Å². The first-order valence-corrected chi connectivity index (χ1v) is 24.3. The Morgan fingerprint density at radius 1 is 0.936 bits per heavy atom. The van der Waals surface area contributed by atoms with Crippen molar-refractivity contribution in [3.05, 3.63) is 40.3 Å². The second kappa shape index (κ2) is 16.2. The number of rotatable bonds is 20. The zero-order valence-electron chi connectivity index (χ0n) is 29.4. The van der Waals surface area contributed by atoms with E-state index in [0.29, 0.717) is 40.9 Å². The van der Waals surface area contributed by atoms with Crippen molar-refractivity contribution in [3.8, 4) is 22.8 Å². The molecule has 13 heteroatoms. The van der Waals surface area contributed by atoms with Gasteiger partial charge in [-0.25, -0.2) is 4.68 Å². The second-order valence-electron chi connectivity index (χ2n) is 14.8. The number of halogens is 2. The summed E-state index contributed by atoms with van der Waals surface area (Å²) in [4.78, 5) is 14.2. The van der Waals surface area contributed by atoms with Crippen LogP contribution < -0.4 is 15.0 Å². The Morgan fingerprint density at radius 3 is 2.15 bits per heavy atom. The minimum absolute atomic E-state index is 0.00113. The fourth-order valence-corrected chi connectivity index (χ4v) is 6.68. The molecule has 1 aromatic carbocycles. The lowest BCUT2D eigenvalue weighted by atomic mass is 10.1. The average molecular weight is 694 g/mol. The van der Waals surface area contributed by atoms with Crippen molar-refractivity contribution < 1.29 is 32.5 Å². The van der Waals surface area contributed by atoms with E-state index in [-0.39, 0.29) is 49.3 Å². The van der Waals surface area contributed by atoms with E-state index in [9.17, 15) is 13.6 Å². The molecule has 0 amide bonds. The summed E-state index contributed by atoms with van der Waals surface area (Å²) in [6.07, 6.45) is 4.97. The zero-order valence-corrected chi connectivity index (χ0v) is 31.4. The van der Waals surface area contributed by atoms with E-state index in [1.807, 2.05) is 4.57 Å². The minimum Gasteiger partial charge on any atom is -0.487 e. The van der Waals surface area contributed by atoms with Gasteiger partial charge in [0.1, 0.15) is 13.5 Å². The summed E-state index contributed by atoms with van der Waals surface area (Å²) in [5.41, 5.74) is 2.38. The highest BCUT2D eigenvalue weighted by molar-refractivity contribution is 6.76. The van der Waals surface area contributed by atoms with Crippen LogP contribution in [0.15, 0.2) is 29.2 Å². The first kappa shape index (κ1) is 37.2. The molecule has 47 heavy (non-hydrogen) atoms. The molecular weight excluding hydrogens is 641 g/mol. The number of hydrogen-bond acceptors (Lipinski definition) is 7. The van der Waals surface area contributed by atoms with Crippen molar-refractivity contribution >= 4 is 27.1 Å². The first-order valence-electron chi connectivity index (χ1n) is 16.8. The number of aromatic nitrogens is 3. The Kier molecular flexibility index (Phi) is 12.8. The summed E-state index contributed by atoms with van der Waals surface area (Å²) >= 11 is 0. The third-order valence-electron chi connectivity index (χ3n) is 8.22. The van der Waals surface area contributed by atoms with Crippen molar-refractivity contribution in [2.24, 2.45) is 0 Å². The van der Waals surface area contributed by atoms with Gasteiger partial charge >= 0.3 is 6.61 Å². The Labute approximate surface area is 279 Å². The molecule has 1 aliphatic rings. The number of ether oxygens (including phenoxy) is 5. The van der Waals surface area contributed by atoms with E-state index in [4.69, 9.17) is 23.7 Å². The average Bonchev–Trinajstić information content (AvgIpc) is 3.75. The summed E-state index contributed by atoms with van der Waals surface area (Å²) in [7, 11) is -2.67. The maximum absolute atomic E-state index is 14.2. The lowest BCUT2D eigenvalue weighted by Gasteiger charge is -2.19. The van der Waals surface area contributed by atoms with Crippen molar-refractivity contribution in [2.45, 2.75) is 130 Å². The molecule has 0 spiro atoms. The Morgan fingerprint density at radius 2 is 1.57 bits per heavy atom. The van der Waals surface area contributed by atoms with Crippen LogP contribution in [0.3, 0.4) is 0 Å². The molecule has 9 nitrogen and oxygen atoms in total. The number of fused-ring (bicyclic) bond motifs is 1. The smallest absolute Gasteiger partial charge is 0.387 e. The maximum Gasteiger partial charge on any atom is 0.387 e. The van der Waals surface area contributed by atoms with Gasteiger partial charge in [-0.05, 0) is 56.0 Å². The van der Waals surface area contributed by atoms with E-state index in [1.165, 1.54) is 10.7 Å². The predicted molar refractivity (Wildman–Crippen MR) is 187 cm³/mol. The van der Waals surface area contributed by atoms with Crippen molar-refractivity contribution in [1.29, 1.82) is 0 Å². The van der Waals surface area contributed by atoms with Crippen molar-refractivity contribution in [1.82, 2.24) is 14.3 Å². The summed E-state index contributed by atoms with van der Waals surface area (Å²) in [6, 6.07) is 6.89. The molecule has 1 fully saturated rings. The van der Waals surface area contributed by atoms with Crippen LogP contribution in [0.4, 0.5) is 8.78 Å². The largest absolute Gasteiger partial charge is 0.487 e. The molecule has 4 rings (SSSR count). The lowest BCUT2D eigenvalue weighted by Crippen LogP contribution is -2.26. The fraction of sp³-hybridized carbons (Fsp3) is 0.647. The highest BCUT2D eigenvalue weighted by Crippen LogP contribution is 2.40. The summed E-state index contributed by atoms with van der Waals surface area (Å²) in [5, 5.41) is 4.98. The van der Waals surface area contributed by atoms with Crippen LogP contribution in [0.1, 0.15) is 45.1 Å². The van der Waals surface area contributed by atoms with Crippen LogP contribution in [0.5, 0.6) is 11.5 Å². The number of hydrogen-bond donors (Lipinski definition) is 0. The predicted octanol–water partition coefficient (Wildman–Crippen LogP) is 8.34. The second-order valence-corrected chi connectivity index (χ2v) is 26.0. The van der Waals surface area contributed by atoms with E-state index >= 15 is 0 Å². The van der Waals surface area contributed by atoms with Gasteiger partial charge in [-0.2, -0.15) is 13.9 Å². The number of alkyl halides is 2. The molecule has 0 atom stereocenters. The lowest BCUT2D eigenvalue weighted by molar-refractivity contribution is -0.0516. The Hall–Kier alpha value is -2.59. The number of benzene rings is 1. The first-order chi connectivity index (χ1) is 22.2. The zero-order chi connectivity index (χ0) is 34.4. The Balaban J connectivity index is 1.86. The highest BCUT2D eigenvalue weighted by Gasteiger charge is 2.28. The minimum atomic E-state index is -2.99. The molecule has 0 saturated heterocycles. The topological polar surface area (TPSA) is 86.0 Å². The summed E-state index contributed by atoms with van der Waals surface area (Å²) < 4.78 is 59.4.